The molecule has 0 saturated carbocycles. The van der Waals surface area contributed by atoms with Gasteiger partial charge in [-0.15, -0.1) is 0 Å². The third kappa shape index (κ3) is 3.34. The molecular weight excluding hydrogens is 222 g/mol. The minimum atomic E-state index is 0.772. The first kappa shape index (κ1) is 12.7. The van der Waals surface area contributed by atoms with Crippen LogP contribution in [0.1, 0.15) is 6.42 Å². The molecule has 2 heteroatoms. The molecule has 2 aromatic rings. The van der Waals surface area contributed by atoms with Crippen LogP contribution in [-0.4, -0.2) is 20.2 Å². The van der Waals surface area contributed by atoms with Gasteiger partial charge in [-0.1, -0.05) is 48.5 Å². The van der Waals surface area contributed by atoms with E-state index >= 15 is 0 Å². The van der Waals surface area contributed by atoms with Crippen LogP contribution in [0.25, 0.3) is 11.1 Å². The molecule has 94 valence electrons. The molecule has 0 aliphatic heterocycles. The lowest BCUT2D eigenvalue weighted by molar-refractivity contribution is -0.627. The van der Waals surface area contributed by atoms with Gasteiger partial charge >= 0.3 is 0 Å². The zero-order valence-corrected chi connectivity index (χ0v) is 10.8. The highest BCUT2D eigenvalue weighted by atomic mass is 16.5. The van der Waals surface area contributed by atoms with Crippen molar-refractivity contribution < 1.29 is 10.1 Å². The Morgan fingerprint density at radius 3 is 2.44 bits per heavy atom. The molecule has 0 atom stereocenters. The fraction of sp³-hybridized carbons (Fsp3) is 0.250. The Labute approximate surface area is 109 Å². The second-order valence-corrected chi connectivity index (χ2v) is 4.26. The van der Waals surface area contributed by atoms with Gasteiger partial charge in [0.2, 0.25) is 0 Å². The van der Waals surface area contributed by atoms with Gasteiger partial charge in [0.25, 0.3) is 0 Å². The highest BCUT2D eigenvalue weighted by Crippen LogP contribution is 2.29. The highest BCUT2D eigenvalue weighted by Gasteiger charge is 2.04. The van der Waals surface area contributed by atoms with Gasteiger partial charge in [0, 0.05) is 12.0 Å². The average Bonchev–Trinajstić information content (AvgIpc) is 2.45. The molecule has 2 rings (SSSR count). The summed E-state index contributed by atoms with van der Waals surface area (Å²) in [6.45, 7) is 1.88. The van der Waals surface area contributed by atoms with Crippen LogP contribution in [0.3, 0.4) is 0 Å². The molecule has 0 heterocycles. The zero-order valence-electron chi connectivity index (χ0n) is 10.8. The van der Waals surface area contributed by atoms with Crippen LogP contribution >= 0.6 is 0 Å². The van der Waals surface area contributed by atoms with Crippen LogP contribution in [0.15, 0.2) is 54.6 Å². The topological polar surface area (TPSA) is 25.8 Å². The van der Waals surface area contributed by atoms with Gasteiger partial charge in [0.05, 0.1) is 20.2 Å². The summed E-state index contributed by atoms with van der Waals surface area (Å²) in [6.07, 6.45) is 1.07. The quantitative estimate of drug-likeness (QED) is 0.773. The van der Waals surface area contributed by atoms with E-state index in [-0.39, 0.29) is 0 Å². The van der Waals surface area contributed by atoms with Gasteiger partial charge < -0.3 is 10.1 Å². The average molecular weight is 242 g/mol. The molecule has 0 bridgehead atoms. The van der Waals surface area contributed by atoms with Crippen molar-refractivity contribution in [1.82, 2.24) is 0 Å². The van der Waals surface area contributed by atoms with E-state index in [0.717, 1.165) is 25.3 Å². The van der Waals surface area contributed by atoms with Gasteiger partial charge in [-0.3, -0.25) is 0 Å². The van der Waals surface area contributed by atoms with E-state index < -0.39 is 0 Å². The molecule has 2 nitrogen and oxygen atoms in total. The molecule has 2 aromatic carbocycles. The minimum absolute atomic E-state index is 0.772. The normalized spacial score (nSPS) is 10.3. The second kappa shape index (κ2) is 6.82. The number of ether oxygens (including phenoxy) is 1. The van der Waals surface area contributed by atoms with Gasteiger partial charge in [-0.25, -0.2) is 0 Å². The van der Waals surface area contributed by atoms with Gasteiger partial charge in [0.1, 0.15) is 5.75 Å². The Kier molecular flexibility index (Phi) is 4.79. The monoisotopic (exact) mass is 242 g/mol. The summed E-state index contributed by atoms with van der Waals surface area (Å²) in [4.78, 5) is 0. The number of hydrogen-bond acceptors (Lipinski definition) is 1. The lowest BCUT2D eigenvalue weighted by atomic mass is 10.1. The van der Waals surface area contributed by atoms with E-state index in [0.29, 0.717) is 0 Å². The van der Waals surface area contributed by atoms with E-state index in [1.165, 1.54) is 11.1 Å². The summed E-state index contributed by atoms with van der Waals surface area (Å²) in [7, 11) is 2.08. The summed E-state index contributed by atoms with van der Waals surface area (Å²) in [5.74, 6) is 0.972. The predicted molar refractivity (Wildman–Crippen MR) is 74.7 cm³/mol. The zero-order chi connectivity index (χ0) is 12.6. The fourth-order valence-electron chi connectivity index (χ4n) is 1.92. The van der Waals surface area contributed by atoms with E-state index in [9.17, 15) is 0 Å². The maximum atomic E-state index is 5.87. The molecule has 2 N–H and O–H groups in total. The Morgan fingerprint density at radius 2 is 1.67 bits per heavy atom. The molecular formula is C16H20NO+. The maximum Gasteiger partial charge on any atom is 0.127 e. The number of para-hydroxylation sites is 1. The third-order valence-electron chi connectivity index (χ3n) is 2.87. The molecule has 0 aliphatic rings. The molecule has 0 spiro atoms. The number of nitrogens with two attached hydrogens (primary N) is 1. The smallest absolute Gasteiger partial charge is 0.127 e. The van der Waals surface area contributed by atoms with Crippen LogP contribution in [0.5, 0.6) is 5.75 Å². The molecule has 0 amide bonds. The Hall–Kier alpha value is -1.80. The molecule has 18 heavy (non-hydrogen) atoms. The summed E-state index contributed by atoms with van der Waals surface area (Å²) < 4.78 is 5.87. The van der Waals surface area contributed by atoms with E-state index in [2.05, 4.69) is 48.8 Å². The lowest BCUT2D eigenvalue weighted by Gasteiger charge is -2.11. The van der Waals surface area contributed by atoms with Crippen LogP contribution in [0.2, 0.25) is 0 Å². The molecule has 0 saturated heterocycles. The molecule has 0 unspecified atom stereocenters. The summed E-state index contributed by atoms with van der Waals surface area (Å²) >= 11 is 0. The van der Waals surface area contributed by atoms with Crippen molar-refractivity contribution in [3.05, 3.63) is 54.6 Å². The number of hydrogen-bond donors (Lipinski definition) is 1. The molecule has 0 aliphatic carbocycles. The van der Waals surface area contributed by atoms with Crippen LogP contribution in [-0.2, 0) is 0 Å². The minimum Gasteiger partial charge on any atom is -0.493 e. The highest BCUT2D eigenvalue weighted by molar-refractivity contribution is 5.70. The van der Waals surface area contributed by atoms with Crippen LogP contribution in [0, 0.1) is 0 Å². The van der Waals surface area contributed by atoms with E-state index in [1.807, 2.05) is 18.2 Å². The Morgan fingerprint density at radius 1 is 0.944 bits per heavy atom. The number of benzene rings is 2. The standard InChI is InChI=1S/C16H19NO/c1-17-12-7-13-18-16-11-6-5-10-15(16)14-8-3-2-4-9-14/h2-6,8-11,17H,7,12-13H2,1H3/p+1. The molecule has 0 fully saturated rings. The maximum absolute atomic E-state index is 5.87. The van der Waals surface area contributed by atoms with Crippen LogP contribution in [0.4, 0.5) is 0 Å². The van der Waals surface area contributed by atoms with Crippen molar-refractivity contribution in [1.29, 1.82) is 0 Å². The van der Waals surface area contributed by atoms with E-state index in [4.69, 9.17) is 4.74 Å². The summed E-state index contributed by atoms with van der Waals surface area (Å²) in [5, 5.41) is 2.17. The Bertz CT molecular complexity index is 468. The molecule has 0 radical (unpaired) electrons. The summed E-state index contributed by atoms with van der Waals surface area (Å²) in [5.41, 5.74) is 2.37. The number of rotatable bonds is 6. The van der Waals surface area contributed by atoms with Crippen molar-refractivity contribution in [2.75, 3.05) is 20.2 Å². The van der Waals surface area contributed by atoms with Gasteiger partial charge in [-0.05, 0) is 11.6 Å². The first-order chi connectivity index (χ1) is 8.92. The van der Waals surface area contributed by atoms with Crippen LogP contribution < -0.4 is 10.1 Å². The lowest BCUT2D eigenvalue weighted by Crippen LogP contribution is -2.79. The van der Waals surface area contributed by atoms with Gasteiger partial charge in [0.15, 0.2) is 0 Å². The van der Waals surface area contributed by atoms with Crippen molar-refractivity contribution in [2.24, 2.45) is 0 Å². The van der Waals surface area contributed by atoms with Crippen molar-refractivity contribution in [3.8, 4) is 16.9 Å². The van der Waals surface area contributed by atoms with Crippen molar-refractivity contribution in [2.45, 2.75) is 6.42 Å². The first-order valence-electron chi connectivity index (χ1n) is 6.47. The van der Waals surface area contributed by atoms with E-state index in [1.54, 1.807) is 0 Å². The third-order valence-corrected chi connectivity index (χ3v) is 2.87. The largest absolute Gasteiger partial charge is 0.493 e. The van der Waals surface area contributed by atoms with Crippen molar-refractivity contribution in [3.63, 3.8) is 0 Å². The second-order valence-electron chi connectivity index (χ2n) is 4.26. The summed E-state index contributed by atoms with van der Waals surface area (Å²) in [6, 6.07) is 18.6. The molecule has 0 aromatic heterocycles. The van der Waals surface area contributed by atoms with Crippen molar-refractivity contribution >= 4 is 0 Å². The van der Waals surface area contributed by atoms with Gasteiger partial charge in [-0.2, -0.15) is 0 Å². The fourth-order valence-corrected chi connectivity index (χ4v) is 1.92. The predicted octanol–water partition coefficient (Wildman–Crippen LogP) is 2.32. The first-order valence-corrected chi connectivity index (χ1v) is 6.47. The number of quaternary nitrogens is 1. The SMILES string of the molecule is C[NH2+]CCCOc1ccccc1-c1ccccc1. The Balaban J connectivity index is 2.11.